The molecule has 4 nitrogen and oxygen atoms in total. The Morgan fingerprint density at radius 3 is 2.67 bits per heavy atom. The second-order valence-electron chi connectivity index (χ2n) is 4.88. The third-order valence-electron chi connectivity index (χ3n) is 3.33. The molecule has 3 N–H and O–H groups in total. The number of carbonyl (C=O) groups excluding carboxylic acids is 1. The van der Waals surface area contributed by atoms with Crippen molar-refractivity contribution < 1.29 is 22.7 Å². The summed E-state index contributed by atoms with van der Waals surface area (Å²) in [5.41, 5.74) is 5.79. The Balaban J connectivity index is 2.17. The van der Waals surface area contributed by atoms with Gasteiger partial charge in [0.15, 0.2) is 5.75 Å². The van der Waals surface area contributed by atoms with Gasteiger partial charge in [-0.15, -0.1) is 13.2 Å². The molecule has 116 valence electrons. The third-order valence-corrected chi connectivity index (χ3v) is 3.83. The molecule has 0 aromatic heterocycles. The van der Waals surface area contributed by atoms with Crippen molar-refractivity contribution in [2.45, 2.75) is 31.7 Å². The average Bonchev–Trinajstić information content (AvgIpc) is 2.77. The Hall–Kier alpha value is -1.28. The quantitative estimate of drug-likeness (QED) is 0.861. The van der Waals surface area contributed by atoms with Crippen molar-refractivity contribution in [2.75, 3.05) is 5.32 Å². The lowest BCUT2D eigenvalue weighted by molar-refractivity contribution is -0.274. The first-order chi connectivity index (χ1) is 9.76. The second kappa shape index (κ2) is 6.23. The van der Waals surface area contributed by atoms with E-state index in [1.165, 1.54) is 12.1 Å². The van der Waals surface area contributed by atoms with Crippen LogP contribution in [-0.2, 0) is 4.79 Å². The molecule has 1 aromatic carbocycles. The number of hydrogen-bond donors (Lipinski definition) is 2. The fraction of sp³-hybridized carbons (Fsp3) is 0.462. The van der Waals surface area contributed by atoms with Crippen molar-refractivity contribution in [1.29, 1.82) is 0 Å². The highest BCUT2D eigenvalue weighted by molar-refractivity contribution is 9.10. The Labute approximate surface area is 128 Å². The molecule has 0 heterocycles. The molecule has 2 rings (SSSR count). The minimum atomic E-state index is -4.83. The normalized spacial score (nSPS) is 22.1. The molecule has 1 aromatic rings. The maximum absolute atomic E-state index is 12.4. The Morgan fingerprint density at radius 2 is 2.10 bits per heavy atom. The number of nitrogens with one attached hydrogen (secondary N) is 1. The molecule has 1 fully saturated rings. The lowest BCUT2D eigenvalue weighted by Crippen LogP contribution is -2.34. The SMILES string of the molecule is NC1CCCC1C(=O)Nc1ccc(Br)cc1OC(F)(F)F. The van der Waals surface area contributed by atoms with Crippen LogP contribution in [0.25, 0.3) is 0 Å². The van der Waals surface area contributed by atoms with Crippen LogP contribution in [0.15, 0.2) is 22.7 Å². The molecule has 1 amide bonds. The number of halogens is 4. The zero-order valence-electron chi connectivity index (χ0n) is 10.9. The zero-order chi connectivity index (χ0) is 15.6. The fourth-order valence-corrected chi connectivity index (χ4v) is 2.69. The predicted molar refractivity (Wildman–Crippen MR) is 74.8 cm³/mol. The van der Waals surface area contributed by atoms with E-state index in [0.717, 1.165) is 18.9 Å². The Bertz CT molecular complexity index is 537. The minimum Gasteiger partial charge on any atom is -0.404 e. The lowest BCUT2D eigenvalue weighted by Gasteiger charge is -2.18. The second-order valence-corrected chi connectivity index (χ2v) is 5.79. The highest BCUT2D eigenvalue weighted by atomic mass is 79.9. The molecular formula is C13H14BrF3N2O2. The van der Waals surface area contributed by atoms with Crippen LogP contribution in [0.1, 0.15) is 19.3 Å². The number of benzene rings is 1. The van der Waals surface area contributed by atoms with Crippen molar-refractivity contribution in [2.24, 2.45) is 11.7 Å². The maximum atomic E-state index is 12.4. The highest BCUT2D eigenvalue weighted by Gasteiger charge is 2.34. The van der Waals surface area contributed by atoms with E-state index in [2.05, 4.69) is 26.0 Å². The molecule has 0 aliphatic heterocycles. The summed E-state index contributed by atoms with van der Waals surface area (Å²) in [5, 5.41) is 2.47. The van der Waals surface area contributed by atoms with Crippen LogP contribution >= 0.6 is 15.9 Å². The highest BCUT2D eigenvalue weighted by Crippen LogP contribution is 2.34. The van der Waals surface area contributed by atoms with Gasteiger partial charge in [-0.2, -0.15) is 0 Å². The van der Waals surface area contributed by atoms with Crippen molar-refractivity contribution in [3.63, 3.8) is 0 Å². The molecule has 21 heavy (non-hydrogen) atoms. The molecule has 8 heteroatoms. The molecule has 1 aliphatic carbocycles. The van der Waals surface area contributed by atoms with Crippen LogP contribution in [0.4, 0.5) is 18.9 Å². The summed E-state index contributed by atoms with van der Waals surface area (Å²) in [6.45, 7) is 0. The molecule has 0 bridgehead atoms. The lowest BCUT2D eigenvalue weighted by atomic mass is 10.0. The summed E-state index contributed by atoms with van der Waals surface area (Å²) >= 11 is 3.07. The van der Waals surface area contributed by atoms with Gasteiger partial charge in [0.1, 0.15) is 0 Å². The Morgan fingerprint density at radius 1 is 1.38 bits per heavy atom. The van der Waals surface area contributed by atoms with E-state index in [-0.39, 0.29) is 23.6 Å². The van der Waals surface area contributed by atoms with E-state index in [0.29, 0.717) is 10.9 Å². The predicted octanol–water partition coefficient (Wildman–Crippen LogP) is 3.41. The van der Waals surface area contributed by atoms with Crippen LogP contribution < -0.4 is 15.8 Å². The van der Waals surface area contributed by atoms with Gasteiger partial charge in [0, 0.05) is 10.5 Å². The average molecular weight is 367 g/mol. The summed E-state index contributed by atoms with van der Waals surface area (Å²) in [7, 11) is 0. The van der Waals surface area contributed by atoms with E-state index in [4.69, 9.17) is 5.73 Å². The van der Waals surface area contributed by atoms with Crippen LogP contribution in [-0.4, -0.2) is 18.3 Å². The maximum Gasteiger partial charge on any atom is 0.573 e. The smallest absolute Gasteiger partial charge is 0.404 e. The van der Waals surface area contributed by atoms with Crippen molar-refractivity contribution in [3.05, 3.63) is 22.7 Å². The zero-order valence-corrected chi connectivity index (χ0v) is 12.5. The number of nitrogens with two attached hydrogens (primary N) is 1. The molecule has 1 saturated carbocycles. The van der Waals surface area contributed by atoms with Gasteiger partial charge in [-0.05, 0) is 31.0 Å². The van der Waals surface area contributed by atoms with Gasteiger partial charge in [0.25, 0.3) is 0 Å². The number of rotatable bonds is 3. The fourth-order valence-electron chi connectivity index (χ4n) is 2.35. The standard InChI is InChI=1S/C13H14BrF3N2O2/c14-7-4-5-10(11(6-7)21-13(15,16)17)19-12(20)8-2-1-3-9(8)18/h4-6,8-9H,1-3,18H2,(H,19,20). The first kappa shape index (κ1) is 16.1. The minimum absolute atomic E-state index is 0.0281. The van der Waals surface area contributed by atoms with Gasteiger partial charge in [-0.1, -0.05) is 22.4 Å². The monoisotopic (exact) mass is 366 g/mol. The topological polar surface area (TPSA) is 64.4 Å². The molecule has 0 saturated heterocycles. The number of alkyl halides is 3. The molecular weight excluding hydrogens is 353 g/mol. The van der Waals surface area contributed by atoms with Gasteiger partial charge in [0.05, 0.1) is 11.6 Å². The largest absolute Gasteiger partial charge is 0.573 e. The summed E-state index contributed by atoms with van der Waals surface area (Å²) in [4.78, 5) is 12.1. The van der Waals surface area contributed by atoms with Crippen LogP contribution in [0.3, 0.4) is 0 Å². The van der Waals surface area contributed by atoms with Gasteiger partial charge < -0.3 is 15.8 Å². The van der Waals surface area contributed by atoms with Gasteiger partial charge in [0.2, 0.25) is 5.91 Å². The van der Waals surface area contributed by atoms with E-state index >= 15 is 0 Å². The first-order valence-corrected chi connectivity index (χ1v) is 7.17. The third kappa shape index (κ3) is 4.34. The van der Waals surface area contributed by atoms with E-state index < -0.39 is 12.1 Å². The van der Waals surface area contributed by atoms with Crippen LogP contribution in [0.2, 0.25) is 0 Å². The summed E-state index contributed by atoms with van der Waals surface area (Å²) in [6.07, 6.45) is -2.61. The number of amides is 1. The summed E-state index contributed by atoms with van der Waals surface area (Å²) < 4.78 is 41.5. The van der Waals surface area contributed by atoms with Crippen molar-refractivity contribution in [3.8, 4) is 5.75 Å². The summed E-state index contributed by atoms with van der Waals surface area (Å²) in [6, 6.07) is 3.77. The van der Waals surface area contributed by atoms with Crippen molar-refractivity contribution in [1.82, 2.24) is 0 Å². The van der Waals surface area contributed by atoms with Gasteiger partial charge in [-0.25, -0.2) is 0 Å². The van der Waals surface area contributed by atoms with Gasteiger partial charge in [-0.3, -0.25) is 4.79 Å². The summed E-state index contributed by atoms with van der Waals surface area (Å²) in [5.74, 6) is -1.22. The van der Waals surface area contributed by atoms with Gasteiger partial charge >= 0.3 is 6.36 Å². The number of hydrogen-bond acceptors (Lipinski definition) is 3. The Kier molecular flexibility index (Phi) is 4.77. The van der Waals surface area contributed by atoms with Crippen LogP contribution in [0.5, 0.6) is 5.75 Å². The van der Waals surface area contributed by atoms with E-state index in [1.54, 1.807) is 0 Å². The first-order valence-electron chi connectivity index (χ1n) is 6.38. The van der Waals surface area contributed by atoms with Crippen LogP contribution in [0, 0.1) is 5.92 Å². The molecule has 0 radical (unpaired) electrons. The number of anilines is 1. The van der Waals surface area contributed by atoms with E-state index in [9.17, 15) is 18.0 Å². The number of ether oxygens (including phenoxy) is 1. The molecule has 2 atom stereocenters. The van der Waals surface area contributed by atoms with E-state index in [1.807, 2.05) is 0 Å². The molecule has 0 spiro atoms. The molecule has 1 aliphatic rings. The van der Waals surface area contributed by atoms with Crippen molar-refractivity contribution >= 4 is 27.5 Å². The molecule has 2 unspecified atom stereocenters. The number of carbonyl (C=O) groups is 1.